The molecule has 3 rings (SSSR count). The van der Waals surface area contributed by atoms with Crippen LogP contribution in [0.25, 0.3) is 0 Å². The van der Waals surface area contributed by atoms with E-state index < -0.39 is 0 Å². The number of nitrogens with zero attached hydrogens (tertiary/aromatic N) is 1. The molecule has 1 aromatic heterocycles. The van der Waals surface area contributed by atoms with Crippen LogP contribution in [-0.4, -0.2) is 36.9 Å². The first-order chi connectivity index (χ1) is 12.1. The van der Waals surface area contributed by atoms with Gasteiger partial charge < -0.3 is 10.1 Å². The van der Waals surface area contributed by atoms with Crippen LogP contribution >= 0.6 is 11.3 Å². The summed E-state index contributed by atoms with van der Waals surface area (Å²) < 4.78 is 5.32. The molecule has 4 nitrogen and oxygen atoms in total. The highest BCUT2D eigenvalue weighted by molar-refractivity contribution is 7.12. The number of rotatable bonds is 7. The Bertz CT molecular complexity index is 713. The van der Waals surface area contributed by atoms with E-state index in [-0.39, 0.29) is 5.78 Å². The van der Waals surface area contributed by atoms with E-state index in [9.17, 15) is 4.79 Å². The molecule has 1 N–H and O–H groups in total. The normalized spacial score (nSPS) is 18.2. The summed E-state index contributed by atoms with van der Waals surface area (Å²) in [5, 5.41) is 5.74. The molecule has 0 spiro atoms. The van der Waals surface area contributed by atoms with Crippen LogP contribution in [0.3, 0.4) is 0 Å². The molecule has 0 bridgehead atoms. The van der Waals surface area contributed by atoms with Gasteiger partial charge in [0, 0.05) is 25.7 Å². The van der Waals surface area contributed by atoms with Gasteiger partial charge in [0.15, 0.2) is 5.78 Å². The Morgan fingerprint density at radius 3 is 3.00 bits per heavy atom. The minimum absolute atomic E-state index is 0.151. The molecule has 0 saturated carbocycles. The predicted molar refractivity (Wildman–Crippen MR) is 102 cm³/mol. The largest absolute Gasteiger partial charge is 0.497 e. The van der Waals surface area contributed by atoms with Gasteiger partial charge in [-0.25, -0.2) is 0 Å². The first-order valence-corrected chi connectivity index (χ1v) is 9.69. The zero-order chi connectivity index (χ0) is 17.6. The van der Waals surface area contributed by atoms with Crippen LogP contribution in [0.1, 0.15) is 40.6 Å². The molecule has 2 aromatic rings. The van der Waals surface area contributed by atoms with Gasteiger partial charge in [-0.3, -0.25) is 9.69 Å². The van der Waals surface area contributed by atoms with Crippen LogP contribution in [-0.2, 0) is 13.1 Å². The van der Waals surface area contributed by atoms with Crippen LogP contribution in [0, 0.1) is 0 Å². The van der Waals surface area contributed by atoms with Gasteiger partial charge in [0.2, 0.25) is 0 Å². The topological polar surface area (TPSA) is 41.6 Å². The third-order valence-corrected chi connectivity index (χ3v) is 5.72. The van der Waals surface area contributed by atoms with Gasteiger partial charge in [-0.05, 0) is 61.0 Å². The number of carbonyl (C=O) groups is 1. The highest BCUT2D eigenvalue weighted by Crippen LogP contribution is 2.19. The van der Waals surface area contributed by atoms with E-state index in [1.807, 2.05) is 12.1 Å². The van der Waals surface area contributed by atoms with Gasteiger partial charge in [0.25, 0.3) is 0 Å². The van der Waals surface area contributed by atoms with E-state index in [1.54, 1.807) is 14.0 Å². The molecule has 0 amide bonds. The van der Waals surface area contributed by atoms with Crippen molar-refractivity contribution < 1.29 is 9.53 Å². The molecule has 1 fully saturated rings. The molecule has 1 saturated heterocycles. The number of ether oxygens (including phenoxy) is 1. The number of ketones is 1. The molecule has 134 valence electrons. The van der Waals surface area contributed by atoms with Gasteiger partial charge in [0.05, 0.1) is 12.0 Å². The molecule has 0 radical (unpaired) electrons. The summed E-state index contributed by atoms with van der Waals surface area (Å²) in [7, 11) is 1.71. The molecular weight excluding hydrogens is 332 g/mol. The van der Waals surface area contributed by atoms with Crippen molar-refractivity contribution in [2.45, 2.75) is 38.9 Å². The second kappa shape index (κ2) is 8.61. The Labute approximate surface area is 153 Å². The van der Waals surface area contributed by atoms with E-state index in [0.29, 0.717) is 6.04 Å². The summed E-state index contributed by atoms with van der Waals surface area (Å²) >= 11 is 1.54. The summed E-state index contributed by atoms with van der Waals surface area (Å²) in [5.74, 6) is 1.07. The molecule has 1 aliphatic rings. The van der Waals surface area contributed by atoms with E-state index in [2.05, 4.69) is 33.8 Å². The van der Waals surface area contributed by atoms with Crippen LogP contribution in [0.2, 0.25) is 0 Å². The van der Waals surface area contributed by atoms with Crippen molar-refractivity contribution in [2.24, 2.45) is 0 Å². The van der Waals surface area contributed by atoms with Crippen LogP contribution in [0.15, 0.2) is 35.7 Å². The minimum atomic E-state index is 0.151. The molecule has 1 aromatic carbocycles. The molecule has 0 aliphatic carbocycles. The van der Waals surface area contributed by atoms with Crippen molar-refractivity contribution in [3.8, 4) is 5.75 Å². The van der Waals surface area contributed by atoms with Crippen molar-refractivity contribution in [2.75, 3.05) is 20.2 Å². The number of thiophene rings is 1. The summed E-state index contributed by atoms with van der Waals surface area (Å²) in [6.07, 6.45) is 2.42. The van der Waals surface area contributed by atoms with E-state index >= 15 is 0 Å². The van der Waals surface area contributed by atoms with Gasteiger partial charge >= 0.3 is 0 Å². The zero-order valence-electron chi connectivity index (χ0n) is 15.0. The smallest absolute Gasteiger partial charge is 0.169 e. The van der Waals surface area contributed by atoms with Crippen molar-refractivity contribution in [1.82, 2.24) is 10.2 Å². The Morgan fingerprint density at radius 1 is 1.36 bits per heavy atom. The van der Waals surface area contributed by atoms with Crippen molar-refractivity contribution in [1.29, 1.82) is 0 Å². The van der Waals surface area contributed by atoms with E-state index in [0.717, 1.165) is 36.8 Å². The van der Waals surface area contributed by atoms with E-state index in [4.69, 9.17) is 4.74 Å². The van der Waals surface area contributed by atoms with Crippen molar-refractivity contribution in [3.05, 3.63) is 51.7 Å². The number of hydrogen-bond donors (Lipinski definition) is 1. The first kappa shape index (κ1) is 18.1. The highest BCUT2D eigenvalue weighted by atomic mass is 32.1. The number of Topliss-reactive ketones (excluding diaryl/α,β-unsaturated/α-hetero) is 1. The Kier molecular flexibility index (Phi) is 6.24. The number of hydrogen-bond acceptors (Lipinski definition) is 5. The maximum Gasteiger partial charge on any atom is 0.169 e. The van der Waals surface area contributed by atoms with Crippen LogP contribution in [0.4, 0.5) is 0 Å². The average molecular weight is 359 g/mol. The molecular formula is C20H26N2O2S. The fourth-order valence-electron chi connectivity index (χ4n) is 3.31. The molecule has 25 heavy (non-hydrogen) atoms. The van der Waals surface area contributed by atoms with Gasteiger partial charge in [-0.2, -0.15) is 0 Å². The first-order valence-electron chi connectivity index (χ1n) is 8.81. The summed E-state index contributed by atoms with van der Waals surface area (Å²) in [6, 6.07) is 10.8. The van der Waals surface area contributed by atoms with Crippen LogP contribution < -0.4 is 10.1 Å². The van der Waals surface area contributed by atoms with Crippen molar-refractivity contribution in [3.63, 3.8) is 0 Å². The van der Waals surface area contributed by atoms with E-state index in [1.165, 1.54) is 35.3 Å². The van der Waals surface area contributed by atoms with Gasteiger partial charge in [0.1, 0.15) is 5.75 Å². The number of benzene rings is 1. The SMILES string of the molecule is COc1cccc(CN2CCCC(NCc3csc(C(C)=O)c3)C2)c1. The Morgan fingerprint density at radius 2 is 2.24 bits per heavy atom. The maximum absolute atomic E-state index is 11.4. The van der Waals surface area contributed by atoms with Gasteiger partial charge in [-0.1, -0.05) is 12.1 Å². The summed E-state index contributed by atoms with van der Waals surface area (Å²) in [6.45, 7) is 5.62. The van der Waals surface area contributed by atoms with Gasteiger partial charge in [-0.15, -0.1) is 11.3 Å². The molecule has 5 heteroatoms. The third kappa shape index (κ3) is 5.14. The molecule has 1 unspecified atom stereocenters. The number of piperidine rings is 1. The Balaban J connectivity index is 1.51. The fraction of sp³-hybridized carbons (Fsp3) is 0.450. The lowest BCUT2D eigenvalue weighted by Crippen LogP contribution is -2.44. The predicted octanol–water partition coefficient (Wildman–Crippen LogP) is 3.71. The minimum Gasteiger partial charge on any atom is -0.497 e. The Hall–Kier alpha value is -1.69. The number of carbonyl (C=O) groups excluding carboxylic acids is 1. The lowest BCUT2D eigenvalue weighted by molar-refractivity contribution is 0.102. The third-order valence-electron chi connectivity index (χ3n) is 4.64. The average Bonchev–Trinajstić information content (AvgIpc) is 3.10. The molecule has 1 aliphatic heterocycles. The number of methoxy groups -OCH3 is 1. The second-order valence-corrected chi connectivity index (χ2v) is 7.59. The fourth-order valence-corrected chi connectivity index (χ4v) is 4.12. The summed E-state index contributed by atoms with van der Waals surface area (Å²) in [5.41, 5.74) is 2.50. The maximum atomic E-state index is 11.4. The number of nitrogens with one attached hydrogen (secondary N) is 1. The molecule has 1 atom stereocenters. The quantitative estimate of drug-likeness (QED) is 0.766. The second-order valence-electron chi connectivity index (χ2n) is 6.68. The lowest BCUT2D eigenvalue weighted by Gasteiger charge is -2.33. The standard InChI is InChI=1S/C20H26N2O2S/c1-15(23)20-10-17(14-25-20)11-21-18-6-4-8-22(13-18)12-16-5-3-7-19(9-16)24-2/h3,5,7,9-10,14,18,21H,4,6,8,11-13H2,1-2H3. The zero-order valence-corrected chi connectivity index (χ0v) is 15.8. The van der Waals surface area contributed by atoms with Crippen LogP contribution in [0.5, 0.6) is 5.75 Å². The number of likely N-dealkylation sites (tertiary alicyclic amines) is 1. The lowest BCUT2D eigenvalue weighted by atomic mass is 10.0. The monoisotopic (exact) mass is 358 g/mol. The molecule has 2 heterocycles. The highest BCUT2D eigenvalue weighted by Gasteiger charge is 2.19. The summed E-state index contributed by atoms with van der Waals surface area (Å²) in [4.78, 5) is 14.8. The van der Waals surface area contributed by atoms with Crippen molar-refractivity contribution >= 4 is 17.1 Å².